The van der Waals surface area contributed by atoms with Crippen molar-refractivity contribution in [2.45, 2.75) is 42.7 Å². The Labute approximate surface area is 113 Å². The predicted octanol–water partition coefficient (Wildman–Crippen LogP) is 0.392. The molecular weight excluding hydrogens is 343 g/mol. The summed E-state index contributed by atoms with van der Waals surface area (Å²) in [5, 5.41) is 9.55. The van der Waals surface area contributed by atoms with Gasteiger partial charge in [-0.25, -0.2) is 0 Å². The van der Waals surface area contributed by atoms with E-state index in [-0.39, 0.29) is 10.5 Å². The van der Waals surface area contributed by atoms with E-state index in [1.165, 1.54) is 13.8 Å². The lowest BCUT2D eigenvalue weighted by atomic mass is 10.1. The smallest absolute Gasteiger partial charge is 0.302 e. The van der Waals surface area contributed by atoms with Crippen LogP contribution in [0.15, 0.2) is 0 Å². The number of hydrogen-bond acceptors (Lipinski definition) is 6. The summed E-state index contributed by atoms with van der Waals surface area (Å²) in [5.74, 6) is -0.868. The molecule has 1 aliphatic rings. The molecule has 1 saturated heterocycles. The third kappa shape index (κ3) is 4.76. The average molecular weight is 358 g/mol. The Morgan fingerprint density at radius 2 is 2.06 bits per heavy atom. The topological polar surface area (TPSA) is 82.1 Å². The molecule has 6 nitrogen and oxygen atoms in total. The fourth-order valence-electron chi connectivity index (χ4n) is 1.53. The van der Waals surface area contributed by atoms with Gasteiger partial charge < -0.3 is 19.3 Å². The van der Waals surface area contributed by atoms with Gasteiger partial charge in [-0.15, -0.1) is 0 Å². The maximum Gasteiger partial charge on any atom is 0.302 e. The van der Waals surface area contributed by atoms with E-state index in [1.807, 2.05) is 22.6 Å². The van der Waals surface area contributed by atoms with Crippen molar-refractivity contribution in [1.29, 1.82) is 0 Å². The van der Waals surface area contributed by atoms with Crippen LogP contribution in [0.2, 0.25) is 0 Å². The predicted molar refractivity (Wildman–Crippen MR) is 65.5 cm³/mol. The van der Waals surface area contributed by atoms with Crippen LogP contribution in [0.4, 0.5) is 0 Å². The molecule has 0 spiro atoms. The third-order valence-electron chi connectivity index (χ3n) is 2.26. The Morgan fingerprint density at radius 1 is 1.41 bits per heavy atom. The molecule has 0 amide bonds. The van der Waals surface area contributed by atoms with Crippen molar-refractivity contribution in [3.63, 3.8) is 0 Å². The minimum atomic E-state index is -0.942. The van der Waals surface area contributed by atoms with Gasteiger partial charge in [-0.05, 0) is 0 Å². The van der Waals surface area contributed by atoms with Crippen molar-refractivity contribution < 1.29 is 28.9 Å². The zero-order chi connectivity index (χ0) is 13.0. The van der Waals surface area contributed by atoms with E-state index < -0.39 is 30.4 Å². The number of alkyl halides is 1. The Bertz CT molecular complexity index is 295. The minimum Gasteiger partial charge on any atom is -0.463 e. The highest BCUT2D eigenvalue weighted by atomic mass is 127. The first kappa shape index (κ1) is 14.7. The molecule has 2 unspecified atom stereocenters. The Balaban J connectivity index is 2.60. The summed E-state index contributed by atoms with van der Waals surface area (Å²) in [6.07, 6.45) is -1.60. The molecule has 1 fully saturated rings. The number of rotatable bonds is 3. The van der Waals surface area contributed by atoms with Gasteiger partial charge in [-0.2, -0.15) is 0 Å². The van der Waals surface area contributed by atoms with Gasteiger partial charge in [-0.3, -0.25) is 9.59 Å². The maximum absolute atomic E-state index is 10.9. The van der Waals surface area contributed by atoms with Gasteiger partial charge in [-0.1, -0.05) is 22.6 Å². The molecule has 17 heavy (non-hydrogen) atoms. The van der Waals surface area contributed by atoms with Crippen molar-refractivity contribution in [1.82, 2.24) is 0 Å². The van der Waals surface area contributed by atoms with Crippen LogP contribution in [-0.4, -0.2) is 46.1 Å². The van der Waals surface area contributed by atoms with E-state index >= 15 is 0 Å². The van der Waals surface area contributed by atoms with Crippen LogP contribution in [0.5, 0.6) is 0 Å². The van der Waals surface area contributed by atoms with Crippen molar-refractivity contribution in [3.05, 3.63) is 0 Å². The van der Waals surface area contributed by atoms with Crippen LogP contribution < -0.4 is 0 Å². The first-order valence-electron chi connectivity index (χ1n) is 5.18. The third-order valence-corrected chi connectivity index (χ3v) is 3.39. The summed E-state index contributed by atoms with van der Waals surface area (Å²) in [6.45, 7) is 2.55. The van der Waals surface area contributed by atoms with E-state index in [1.54, 1.807) is 0 Å². The van der Waals surface area contributed by atoms with Crippen LogP contribution in [0, 0.1) is 0 Å². The van der Waals surface area contributed by atoms with Crippen LogP contribution in [0.3, 0.4) is 0 Å². The second-order valence-corrected chi connectivity index (χ2v) is 5.37. The van der Waals surface area contributed by atoms with E-state index in [9.17, 15) is 14.7 Å². The van der Waals surface area contributed by atoms with Crippen LogP contribution in [0.1, 0.15) is 20.3 Å². The summed E-state index contributed by atoms with van der Waals surface area (Å²) in [6, 6.07) is 0. The number of aliphatic hydroxyl groups is 1. The fraction of sp³-hybridized carbons (Fsp3) is 0.800. The molecule has 0 aromatic heterocycles. The Hall–Kier alpha value is -0.410. The van der Waals surface area contributed by atoms with E-state index in [4.69, 9.17) is 14.2 Å². The lowest BCUT2D eigenvalue weighted by Gasteiger charge is -2.36. The highest BCUT2D eigenvalue weighted by Gasteiger charge is 2.38. The molecule has 0 aromatic carbocycles. The van der Waals surface area contributed by atoms with Crippen molar-refractivity contribution in [3.8, 4) is 0 Å². The van der Waals surface area contributed by atoms with Gasteiger partial charge in [0.1, 0.15) is 18.8 Å². The number of aliphatic hydroxyl groups excluding tert-OH is 1. The SMILES string of the molecule is CC(=O)OC[C@H]1OC(O)C(I)C[C@@H]1OC(C)=O. The van der Waals surface area contributed by atoms with Crippen LogP contribution in [-0.2, 0) is 23.8 Å². The number of hydrogen-bond donors (Lipinski definition) is 1. The second kappa shape index (κ2) is 6.50. The molecule has 0 aromatic rings. The van der Waals surface area contributed by atoms with E-state index in [0.29, 0.717) is 6.42 Å². The molecule has 1 aliphatic heterocycles. The fourth-order valence-corrected chi connectivity index (χ4v) is 2.20. The second-order valence-electron chi connectivity index (χ2n) is 3.77. The van der Waals surface area contributed by atoms with Crippen molar-refractivity contribution >= 4 is 34.5 Å². The van der Waals surface area contributed by atoms with Gasteiger partial charge in [0.05, 0.1) is 3.92 Å². The number of ether oxygens (including phenoxy) is 3. The first-order chi connectivity index (χ1) is 7.90. The molecule has 1 heterocycles. The maximum atomic E-state index is 10.9. The number of carbonyl (C=O) groups excluding carboxylic acids is 2. The summed E-state index contributed by atoms with van der Waals surface area (Å²) in [4.78, 5) is 21.6. The average Bonchev–Trinajstić information content (AvgIpc) is 2.20. The largest absolute Gasteiger partial charge is 0.463 e. The Morgan fingerprint density at radius 3 is 2.59 bits per heavy atom. The molecule has 0 radical (unpaired) electrons. The molecule has 1 rings (SSSR count). The molecule has 0 aliphatic carbocycles. The molecule has 7 heteroatoms. The molecule has 98 valence electrons. The van der Waals surface area contributed by atoms with Crippen molar-refractivity contribution in [2.24, 2.45) is 0 Å². The molecule has 0 saturated carbocycles. The van der Waals surface area contributed by atoms with Gasteiger partial charge in [0.15, 0.2) is 6.29 Å². The van der Waals surface area contributed by atoms with E-state index in [0.717, 1.165) is 0 Å². The van der Waals surface area contributed by atoms with Gasteiger partial charge in [0.2, 0.25) is 0 Å². The first-order valence-corrected chi connectivity index (χ1v) is 6.43. The Kier molecular flexibility index (Phi) is 5.60. The normalized spacial score (nSPS) is 32.9. The quantitative estimate of drug-likeness (QED) is 0.447. The van der Waals surface area contributed by atoms with Gasteiger partial charge >= 0.3 is 11.9 Å². The number of halogens is 1. The highest BCUT2D eigenvalue weighted by Crippen LogP contribution is 2.27. The zero-order valence-corrected chi connectivity index (χ0v) is 11.7. The lowest BCUT2D eigenvalue weighted by molar-refractivity contribution is -0.216. The highest BCUT2D eigenvalue weighted by molar-refractivity contribution is 14.1. The summed E-state index contributed by atoms with van der Waals surface area (Å²) >= 11 is 2.02. The van der Waals surface area contributed by atoms with Gasteiger partial charge in [0, 0.05) is 20.3 Å². The van der Waals surface area contributed by atoms with Crippen LogP contribution >= 0.6 is 22.6 Å². The number of carbonyl (C=O) groups is 2. The lowest BCUT2D eigenvalue weighted by Crippen LogP contribution is -2.48. The standard InChI is InChI=1S/C10H15IO6/c1-5(12)15-4-9-8(16-6(2)13)3-7(11)10(14)17-9/h7-10,14H,3-4H2,1-2H3/t7?,8-,9+,10?/m0/s1. The molecule has 1 N–H and O–H groups in total. The molecule has 4 atom stereocenters. The molecular formula is C10H15IO6. The summed E-state index contributed by atoms with van der Waals surface area (Å²) < 4.78 is 15.0. The van der Waals surface area contributed by atoms with Crippen molar-refractivity contribution in [2.75, 3.05) is 6.61 Å². The summed E-state index contributed by atoms with van der Waals surface area (Å²) in [7, 11) is 0. The minimum absolute atomic E-state index is 0.0340. The van der Waals surface area contributed by atoms with Gasteiger partial charge in [0.25, 0.3) is 0 Å². The molecule has 0 bridgehead atoms. The number of esters is 2. The monoisotopic (exact) mass is 358 g/mol. The zero-order valence-electron chi connectivity index (χ0n) is 9.59. The van der Waals surface area contributed by atoms with E-state index in [2.05, 4.69) is 0 Å². The summed E-state index contributed by atoms with van der Waals surface area (Å²) in [5.41, 5.74) is 0. The van der Waals surface area contributed by atoms with Crippen LogP contribution in [0.25, 0.3) is 0 Å².